The molecule has 2 aromatic heterocycles. The van der Waals surface area contributed by atoms with Crippen molar-refractivity contribution in [2.24, 2.45) is 0 Å². The molecule has 0 amide bonds. The van der Waals surface area contributed by atoms with Crippen LogP contribution in [0.5, 0.6) is 0 Å². The minimum atomic E-state index is 0.891. The van der Waals surface area contributed by atoms with E-state index in [-0.39, 0.29) is 0 Å². The Morgan fingerprint density at radius 1 is 1.42 bits per heavy atom. The first-order valence-electron chi connectivity index (χ1n) is 3.46. The average molecular weight is 224 g/mol. The molecule has 0 saturated carbocycles. The van der Waals surface area contributed by atoms with Crippen LogP contribution in [0.2, 0.25) is 0 Å². The van der Waals surface area contributed by atoms with E-state index in [1.807, 2.05) is 12.1 Å². The van der Waals surface area contributed by atoms with Crippen LogP contribution in [0.25, 0.3) is 11.4 Å². The lowest BCUT2D eigenvalue weighted by Gasteiger charge is -1.95. The van der Waals surface area contributed by atoms with E-state index < -0.39 is 0 Å². The fourth-order valence-electron chi connectivity index (χ4n) is 0.948. The molecule has 2 aromatic rings. The fourth-order valence-corrected chi connectivity index (χ4v) is 1.28. The van der Waals surface area contributed by atoms with Crippen molar-refractivity contribution in [1.29, 1.82) is 0 Å². The van der Waals surface area contributed by atoms with Crippen LogP contribution < -0.4 is 0 Å². The van der Waals surface area contributed by atoms with Gasteiger partial charge >= 0.3 is 0 Å². The van der Waals surface area contributed by atoms with Crippen LogP contribution in [0.1, 0.15) is 0 Å². The SMILES string of the molecule is Brc1ccnc(-c2cnc[nH]2)c1. The van der Waals surface area contributed by atoms with Crippen molar-refractivity contribution in [2.45, 2.75) is 0 Å². The first-order chi connectivity index (χ1) is 5.86. The molecule has 2 heterocycles. The monoisotopic (exact) mass is 223 g/mol. The Kier molecular flexibility index (Phi) is 1.91. The van der Waals surface area contributed by atoms with E-state index >= 15 is 0 Å². The normalized spacial score (nSPS) is 10.1. The van der Waals surface area contributed by atoms with Crippen LogP contribution in [-0.2, 0) is 0 Å². The summed E-state index contributed by atoms with van der Waals surface area (Å²) in [7, 11) is 0. The smallest absolute Gasteiger partial charge is 0.0924 e. The standard InChI is InChI=1S/C8H6BrN3/c9-6-1-2-11-7(3-6)8-4-10-5-12-8/h1-5H,(H,10,12). The lowest BCUT2D eigenvalue weighted by molar-refractivity contribution is 1.26. The number of imidazole rings is 1. The van der Waals surface area contributed by atoms with Crippen molar-refractivity contribution in [3.63, 3.8) is 0 Å². The topological polar surface area (TPSA) is 41.6 Å². The zero-order valence-corrected chi connectivity index (χ0v) is 7.75. The molecular formula is C8H6BrN3. The van der Waals surface area contributed by atoms with Gasteiger partial charge in [0, 0.05) is 10.7 Å². The van der Waals surface area contributed by atoms with Gasteiger partial charge in [0.2, 0.25) is 0 Å². The second kappa shape index (κ2) is 3.06. The van der Waals surface area contributed by atoms with E-state index in [4.69, 9.17) is 0 Å². The number of hydrogen-bond acceptors (Lipinski definition) is 2. The Morgan fingerprint density at radius 3 is 3.00 bits per heavy atom. The lowest BCUT2D eigenvalue weighted by Crippen LogP contribution is -1.81. The number of aromatic nitrogens is 3. The molecule has 0 aliphatic carbocycles. The van der Waals surface area contributed by atoms with Gasteiger partial charge in [-0.2, -0.15) is 0 Å². The molecule has 0 bridgehead atoms. The Morgan fingerprint density at radius 2 is 2.33 bits per heavy atom. The van der Waals surface area contributed by atoms with Crippen LogP contribution in [0.3, 0.4) is 0 Å². The van der Waals surface area contributed by atoms with E-state index in [2.05, 4.69) is 30.9 Å². The summed E-state index contributed by atoms with van der Waals surface area (Å²) in [5, 5.41) is 0. The molecule has 0 saturated heterocycles. The van der Waals surface area contributed by atoms with Crippen molar-refractivity contribution in [3.8, 4) is 11.4 Å². The third kappa shape index (κ3) is 1.38. The highest BCUT2D eigenvalue weighted by molar-refractivity contribution is 9.10. The average Bonchev–Trinajstić information content (AvgIpc) is 2.56. The van der Waals surface area contributed by atoms with Crippen LogP contribution >= 0.6 is 15.9 Å². The number of nitrogens with zero attached hydrogens (tertiary/aromatic N) is 2. The number of halogens is 1. The van der Waals surface area contributed by atoms with Gasteiger partial charge < -0.3 is 4.98 Å². The second-order valence-corrected chi connectivity index (χ2v) is 3.24. The summed E-state index contributed by atoms with van der Waals surface area (Å²) >= 11 is 3.37. The fraction of sp³-hybridized carbons (Fsp3) is 0. The number of rotatable bonds is 1. The molecule has 0 atom stereocenters. The zero-order chi connectivity index (χ0) is 8.39. The second-order valence-electron chi connectivity index (χ2n) is 2.32. The largest absolute Gasteiger partial charge is 0.343 e. The Hall–Kier alpha value is -1.16. The number of hydrogen-bond donors (Lipinski definition) is 1. The van der Waals surface area contributed by atoms with Crippen molar-refractivity contribution in [1.82, 2.24) is 15.0 Å². The Bertz CT molecular complexity index is 370. The predicted octanol–water partition coefficient (Wildman–Crippen LogP) is 2.23. The van der Waals surface area contributed by atoms with Crippen molar-refractivity contribution >= 4 is 15.9 Å². The van der Waals surface area contributed by atoms with Gasteiger partial charge in [0.25, 0.3) is 0 Å². The highest BCUT2D eigenvalue weighted by Crippen LogP contribution is 2.17. The molecule has 0 spiro atoms. The summed E-state index contributed by atoms with van der Waals surface area (Å²) in [5.74, 6) is 0. The molecule has 2 rings (SSSR count). The third-order valence-corrected chi connectivity index (χ3v) is 1.99. The summed E-state index contributed by atoms with van der Waals surface area (Å²) in [6.45, 7) is 0. The highest BCUT2D eigenvalue weighted by Gasteiger charge is 1.99. The van der Waals surface area contributed by atoms with E-state index in [1.165, 1.54) is 0 Å². The molecule has 4 heteroatoms. The maximum Gasteiger partial charge on any atom is 0.0924 e. The molecule has 60 valence electrons. The van der Waals surface area contributed by atoms with Crippen molar-refractivity contribution in [3.05, 3.63) is 35.3 Å². The molecule has 0 radical (unpaired) electrons. The molecule has 0 fully saturated rings. The van der Waals surface area contributed by atoms with Crippen LogP contribution in [0.4, 0.5) is 0 Å². The Labute approximate surface area is 78.0 Å². The molecule has 0 unspecified atom stereocenters. The lowest BCUT2D eigenvalue weighted by atomic mass is 10.3. The zero-order valence-electron chi connectivity index (χ0n) is 6.16. The van der Waals surface area contributed by atoms with Crippen LogP contribution in [-0.4, -0.2) is 15.0 Å². The van der Waals surface area contributed by atoms with Gasteiger partial charge in [-0.05, 0) is 12.1 Å². The predicted molar refractivity (Wildman–Crippen MR) is 49.5 cm³/mol. The maximum atomic E-state index is 4.18. The van der Waals surface area contributed by atoms with Gasteiger partial charge in [-0.25, -0.2) is 4.98 Å². The van der Waals surface area contributed by atoms with Crippen LogP contribution in [0, 0.1) is 0 Å². The van der Waals surface area contributed by atoms with E-state index in [0.29, 0.717) is 0 Å². The molecule has 12 heavy (non-hydrogen) atoms. The number of aromatic amines is 1. The van der Waals surface area contributed by atoms with Gasteiger partial charge in [0.1, 0.15) is 0 Å². The number of nitrogens with one attached hydrogen (secondary N) is 1. The highest BCUT2D eigenvalue weighted by atomic mass is 79.9. The number of H-pyrrole nitrogens is 1. The summed E-state index contributed by atoms with van der Waals surface area (Å²) < 4.78 is 1.02. The third-order valence-electron chi connectivity index (χ3n) is 1.50. The van der Waals surface area contributed by atoms with Gasteiger partial charge in [0.15, 0.2) is 0 Å². The van der Waals surface area contributed by atoms with Gasteiger partial charge in [-0.1, -0.05) is 15.9 Å². The molecule has 0 aliphatic rings. The number of pyridine rings is 1. The minimum Gasteiger partial charge on any atom is -0.343 e. The Balaban J connectivity index is 2.48. The van der Waals surface area contributed by atoms with E-state index in [1.54, 1.807) is 18.7 Å². The first-order valence-corrected chi connectivity index (χ1v) is 4.26. The molecule has 1 N–H and O–H groups in total. The molecule has 0 aromatic carbocycles. The van der Waals surface area contributed by atoms with Gasteiger partial charge in [0.05, 0.1) is 23.9 Å². The van der Waals surface area contributed by atoms with E-state index in [0.717, 1.165) is 15.9 Å². The summed E-state index contributed by atoms with van der Waals surface area (Å²) in [6, 6.07) is 3.83. The molecule has 0 aliphatic heterocycles. The van der Waals surface area contributed by atoms with Crippen LogP contribution in [0.15, 0.2) is 35.3 Å². The summed E-state index contributed by atoms with van der Waals surface area (Å²) in [6.07, 6.45) is 5.13. The summed E-state index contributed by atoms with van der Waals surface area (Å²) in [4.78, 5) is 11.1. The first kappa shape index (κ1) is 7.49. The van der Waals surface area contributed by atoms with Gasteiger partial charge in [-0.15, -0.1) is 0 Å². The van der Waals surface area contributed by atoms with Crippen molar-refractivity contribution in [2.75, 3.05) is 0 Å². The summed E-state index contributed by atoms with van der Waals surface area (Å²) in [5.41, 5.74) is 1.82. The quantitative estimate of drug-likeness (QED) is 0.806. The van der Waals surface area contributed by atoms with Gasteiger partial charge in [-0.3, -0.25) is 4.98 Å². The van der Waals surface area contributed by atoms with Crippen molar-refractivity contribution < 1.29 is 0 Å². The molecule has 3 nitrogen and oxygen atoms in total. The minimum absolute atomic E-state index is 0.891. The molecular weight excluding hydrogens is 218 g/mol. The maximum absolute atomic E-state index is 4.18. The van der Waals surface area contributed by atoms with E-state index in [9.17, 15) is 0 Å².